The van der Waals surface area contributed by atoms with Crippen molar-refractivity contribution in [3.8, 4) is 0 Å². The zero-order valence-electron chi connectivity index (χ0n) is 18.4. The van der Waals surface area contributed by atoms with Gasteiger partial charge in [-0.05, 0) is 44.6 Å². The zero-order valence-corrected chi connectivity index (χ0v) is 19.2. The Bertz CT molecular complexity index is 1020. The van der Waals surface area contributed by atoms with Crippen LogP contribution < -0.4 is 0 Å². The average Bonchev–Trinajstić information content (AvgIpc) is 3.39. The van der Waals surface area contributed by atoms with Crippen molar-refractivity contribution in [2.45, 2.75) is 76.4 Å². The van der Waals surface area contributed by atoms with Gasteiger partial charge in [-0.25, -0.2) is 9.78 Å². The Morgan fingerprint density at radius 2 is 1.79 bits per heavy atom. The van der Waals surface area contributed by atoms with Crippen molar-refractivity contribution in [2.75, 3.05) is 13.1 Å². The number of aromatic carboxylic acids is 1. The van der Waals surface area contributed by atoms with Gasteiger partial charge in [-0.15, -0.1) is 11.3 Å². The molecule has 7 nitrogen and oxygen atoms in total. The predicted molar refractivity (Wildman–Crippen MR) is 115 cm³/mol. The van der Waals surface area contributed by atoms with Crippen LogP contribution in [0.3, 0.4) is 0 Å². The van der Waals surface area contributed by atoms with E-state index in [4.69, 9.17) is 0 Å². The highest BCUT2D eigenvalue weighted by atomic mass is 32.1. The molecule has 1 aliphatic heterocycles. The Balaban J connectivity index is 1.39. The maximum absolute atomic E-state index is 12.9. The number of alkyl halides is 3. The summed E-state index contributed by atoms with van der Waals surface area (Å²) >= 11 is 1.50. The van der Waals surface area contributed by atoms with Gasteiger partial charge in [0.25, 0.3) is 0 Å². The Kier molecular flexibility index (Phi) is 6.78. The van der Waals surface area contributed by atoms with Gasteiger partial charge in [-0.2, -0.15) is 18.3 Å². The molecule has 1 saturated heterocycles. The second-order valence-electron chi connectivity index (χ2n) is 8.89. The first-order valence-corrected chi connectivity index (χ1v) is 12.1. The summed E-state index contributed by atoms with van der Waals surface area (Å²) in [5.41, 5.74) is -0.543. The van der Waals surface area contributed by atoms with Crippen LogP contribution in [0.2, 0.25) is 0 Å². The summed E-state index contributed by atoms with van der Waals surface area (Å²) in [6, 6.07) is 0.936. The number of hydrogen-bond donors (Lipinski definition) is 1. The van der Waals surface area contributed by atoms with Gasteiger partial charge >= 0.3 is 12.1 Å². The SMILES string of the molecule is Cc1cc(C(F)(F)F)nn1CC(=O)N1CCC(c2nc(C(=O)O)c(C3CCCCC3)s2)CC1. The molecule has 1 aliphatic carbocycles. The van der Waals surface area contributed by atoms with Crippen molar-refractivity contribution < 1.29 is 27.9 Å². The summed E-state index contributed by atoms with van der Waals surface area (Å²) in [7, 11) is 0. The lowest BCUT2D eigenvalue weighted by Gasteiger charge is -2.31. The largest absolute Gasteiger partial charge is 0.476 e. The van der Waals surface area contributed by atoms with Crippen LogP contribution in [0.15, 0.2) is 6.07 Å². The third-order valence-corrected chi connectivity index (χ3v) is 7.98. The number of carboxylic acid groups (broad SMARTS) is 1. The van der Waals surface area contributed by atoms with Crippen LogP contribution in [-0.4, -0.2) is 49.7 Å². The molecule has 2 aromatic rings. The van der Waals surface area contributed by atoms with Crippen LogP contribution >= 0.6 is 11.3 Å². The van der Waals surface area contributed by atoms with Crippen LogP contribution in [0, 0.1) is 6.92 Å². The summed E-state index contributed by atoms with van der Waals surface area (Å²) in [4.78, 5) is 31.4. The van der Waals surface area contributed by atoms with Crippen LogP contribution in [-0.2, 0) is 17.5 Å². The maximum atomic E-state index is 12.9. The Labute approximate surface area is 193 Å². The van der Waals surface area contributed by atoms with Gasteiger partial charge in [0.2, 0.25) is 5.91 Å². The van der Waals surface area contributed by atoms with Crippen molar-refractivity contribution in [3.63, 3.8) is 0 Å². The number of carbonyl (C=O) groups is 2. The number of thiazole rings is 1. The number of rotatable bonds is 5. The molecule has 0 aromatic carbocycles. The fourth-order valence-corrected chi connectivity index (χ4v) is 6.13. The molecule has 0 unspecified atom stereocenters. The summed E-state index contributed by atoms with van der Waals surface area (Å²) < 4.78 is 39.7. The molecule has 3 heterocycles. The predicted octanol–water partition coefficient (Wildman–Crippen LogP) is 4.82. The Morgan fingerprint density at radius 3 is 2.36 bits per heavy atom. The van der Waals surface area contributed by atoms with Crippen LogP contribution in [0.1, 0.15) is 88.5 Å². The van der Waals surface area contributed by atoms with E-state index >= 15 is 0 Å². The number of carbonyl (C=O) groups excluding carboxylic acids is 1. The molecule has 0 atom stereocenters. The van der Waals surface area contributed by atoms with E-state index in [1.165, 1.54) is 24.7 Å². The molecule has 0 radical (unpaired) electrons. The Hall–Kier alpha value is -2.43. The quantitative estimate of drug-likeness (QED) is 0.658. The molecular weight excluding hydrogens is 457 g/mol. The number of aryl methyl sites for hydroxylation is 1. The third kappa shape index (κ3) is 5.23. The van der Waals surface area contributed by atoms with Gasteiger partial charge in [0.15, 0.2) is 11.4 Å². The molecule has 1 N–H and O–H groups in total. The Morgan fingerprint density at radius 1 is 1.12 bits per heavy atom. The highest BCUT2D eigenvalue weighted by Gasteiger charge is 2.35. The molecule has 2 aromatic heterocycles. The minimum Gasteiger partial charge on any atom is -0.476 e. The molecule has 2 aliphatic rings. The molecule has 2 fully saturated rings. The first-order valence-electron chi connectivity index (χ1n) is 11.3. The number of likely N-dealkylation sites (tertiary alicyclic amines) is 1. The van der Waals surface area contributed by atoms with Crippen molar-refractivity contribution in [1.82, 2.24) is 19.7 Å². The van der Waals surface area contributed by atoms with E-state index in [2.05, 4.69) is 10.1 Å². The van der Waals surface area contributed by atoms with Crippen molar-refractivity contribution in [3.05, 3.63) is 33.0 Å². The highest BCUT2D eigenvalue weighted by molar-refractivity contribution is 7.12. The number of amides is 1. The van der Waals surface area contributed by atoms with Crippen molar-refractivity contribution in [1.29, 1.82) is 0 Å². The summed E-state index contributed by atoms with van der Waals surface area (Å²) in [6.45, 7) is 2.17. The molecule has 0 bridgehead atoms. The van der Waals surface area contributed by atoms with Crippen LogP contribution in [0.25, 0.3) is 0 Å². The van der Waals surface area contributed by atoms with E-state index in [9.17, 15) is 27.9 Å². The first kappa shape index (κ1) is 23.7. The fourth-order valence-electron chi connectivity index (χ4n) is 4.73. The van der Waals surface area contributed by atoms with Gasteiger partial charge in [-0.3, -0.25) is 9.48 Å². The lowest BCUT2D eigenvalue weighted by atomic mass is 9.87. The van der Waals surface area contributed by atoms with E-state index in [1.54, 1.807) is 4.90 Å². The normalized spacial score (nSPS) is 18.6. The standard InChI is InChI=1S/C22H27F3N4O3S/c1-13-11-16(22(23,24)25)27-29(13)12-17(30)28-9-7-15(8-10-28)20-26-18(21(31)32)19(33-20)14-5-3-2-4-6-14/h11,14-15H,2-10,12H2,1H3,(H,31,32). The lowest BCUT2D eigenvalue weighted by molar-refractivity contribution is -0.142. The maximum Gasteiger partial charge on any atom is 0.435 e. The van der Waals surface area contributed by atoms with Crippen LogP contribution in [0.4, 0.5) is 13.2 Å². The highest BCUT2D eigenvalue weighted by Crippen LogP contribution is 2.41. The summed E-state index contributed by atoms with van der Waals surface area (Å²) in [6.07, 6.45) is 2.15. The molecule has 0 spiro atoms. The summed E-state index contributed by atoms with van der Waals surface area (Å²) in [5, 5.41) is 14.0. The van der Waals surface area contributed by atoms with Crippen LogP contribution in [0.5, 0.6) is 0 Å². The van der Waals surface area contributed by atoms with E-state index in [-0.39, 0.29) is 35.7 Å². The fraction of sp³-hybridized carbons (Fsp3) is 0.636. The van der Waals surface area contributed by atoms with Gasteiger partial charge in [0.1, 0.15) is 6.54 Å². The molecule has 11 heteroatoms. The number of aromatic nitrogens is 3. The smallest absolute Gasteiger partial charge is 0.435 e. The molecule has 1 saturated carbocycles. The van der Waals surface area contributed by atoms with E-state index in [0.29, 0.717) is 25.9 Å². The zero-order chi connectivity index (χ0) is 23.8. The van der Waals surface area contributed by atoms with Crippen molar-refractivity contribution >= 4 is 23.2 Å². The summed E-state index contributed by atoms with van der Waals surface area (Å²) in [5.74, 6) is -0.922. The number of hydrogen-bond acceptors (Lipinski definition) is 5. The minimum absolute atomic E-state index is 0.0813. The van der Waals surface area contributed by atoms with E-state index in [1.807, 2.05) is 0 Å². The molecule has 4 rings (SSSR count). The van der Waals surface area contributed by atoms with Crippen molar-refractivity contribution in [2.24, 2.45) is 0 Å². The number of nitrogens with zero attached hydrogens (tertiary/aromatic N) is 4. The lowest BCUT2D eigenvalue weighted by Crippen LogP contribution is -2.40. The van der Waals surface area contributed by atoms with Gasteiger partial charge in [0, 0.05) is 29.6 Å². The second kappa shape index (κ2) is 9.44. The third-order valence-electron chi connectivity index (χ3n) is 6.60. The first-order chi connectivity index (χ1) is 15.6. The van der Waals surface area contributed by atoms with E-state index < -0.39 is 17.8 Å². The molecule has 1 amide bonds. The van der Waals surface area contributed by atoms with E-state index in [0.717, 1.165) is 46.3 Å². The number of halogens is 3. The minimum atomic E-state index is -4.55. The number of carboxylic acids is 1. The van der Waals surface area contributed by atoms with Gasteiger partial charge < -0.3 is 10.0 Å². The monoisotopic (exact) mass is 484 g/mol. The topological polar surface area (TPSA) is 88.3 Å². The average molecular weight is 485 g/mol. The molecule has 33 heavy (non-hydrogen) atoms. The molecular formula is C22H27F3N4O3S. The molecule has 180 valence electrons. The number of piperidine rings is 1. The van der Waals surface area contributed by atoms with Gasteiger partial charge in [0.05, 0.1) is 5.01 Å². The second-order valence-corrected chi connectivity index (χ2v) is 9.95. The van der Waals surface area contributed by atoms with Gasteiger partial charge in [-0.1, -0.05) is 19.3 Å².